The standard InChI is InChI=1S/C17H28N2O/c1-3-20-17-11-7-8-15(14-17)18-12-13-19(2)16-9-5-4-6-10-16/h7-8,11,14,16,18H,3-6,9-10,12-13H2,1-2H3. The van der Waals surface area contributed by atoms with Crippen molar-refractivity contribution in [3.8, 4) is 5.75 Å². The molecule has 1 saturated carbocycles. The highest BCUT2D eigenvalue weighted by Gasteiger charge is 2.17. The minimum atomic E-state index is 0.716. The highest BCUT2D eigenvalue weighted by atomic mass is 16.5. The van der Waals surface area contributed by atoms with Crippen LogP contribution in [-0.2, 0) is 0 Å². The van der Waals surface area contributed by atoms with Gasteiger partial charge in [0.1, 0.15) is 5.75 Å². The van der Waals surface area contributed by atoms with E-state index in [4.69, 9.17) is 4.74 Å². The van der Waals surface area contributed by atoms with Gasteiger partial charge in [0.15, 0.2) is 0 Å². The molecular formula is C17H28N2O. The quantitative estimate of drug-likeness (QED) is 0.820. The van der Waals surface area contributed by atoms with Gasteiger partial charge in [-0.2, -0.15) is 0 Å². The van der Waals surface area contributed by atoms with Gasteiger partial charge in [0.05, 0.1) is 6.61 Å². The lowest BCUT2D eigenvalue weighted by Gasteiger charge is -2.31. The van der Waals surface area contributed by atoms with E-state index >= 15 is 0 Å². The summed E-state index contributed by atoms with van der Waals surface area (Å²) in [5.74, 6) is 0.943. The van der Waals surface area contributed by atoms with Crippen LogP contribution >= 0.6 is 0 Å². The van der Waals surface area contributed by atoms with E-state index in [-0.39, 0.29) is 0 Å². The van der Waals surface area contributed by atoms with Crippen molar-refractivity contribution >= 4 is 5.69 Å². The Balaban J connectivity index is 1.73. The lowest BCUT2D eigenvalue weighted by atomic mass is 9.94. The molecule has 1 N–H and O–H groups in total. The second-order valence-electron chi connectivity index (χ2n) is 5.66. The Kier molecular flexibility index (Phi) is 6.19. The lowest BCUT2D eigenvalue weighted by molar-refractivity contribution is 0.198. The van der Waals surface area contributed by atoms with Crippen molar-refractivity contribution in [1.82, 2.24) is 4.90 Å². The monoisotopic (exact) mass is 276 g/mol. The van der Waals surface area contributed by atoms with Crippen LogP contribution in [0.15, 0.2) is 24.3 Å². The van der Waals surface area contributed by atoms with Gasteiger partial charge in [0, 0.05) is 30.9 Å². The molecule has 1 aliphatic rings. The first kappa shape index (κ1) is 15.2. The van der Waals surface area contributed by atoms with E-state index in [0.717, 1.165) is 30.6 Å². The number of nitrogens with zero attached hydrogens (tertiary/aromatic N) is 1. The van der Waals surface area contributed by atoms with E-state index in [1.165, 1.54) is 32.1 Å². The van der Waals surface area contributed by atoms with Crippen molar-refractivity contribution in [2.45, 2.75) is 45.1 Å². The topological polar surface area (TPSA) is 24.5 Å². The van der Waals surface area contributed by atoms with Gasteiger partial charge in [-0.25, -0.2) is 0 Å². The Bertz CT molecular complexity index is 388. The third-order valence-corrected chi connectivity index (χ3v) is 4.14. The van der Waals surface area contributed by atoms with Crippen molar-refractivity contribution in [2.24, 2.45) is 0 Å². The van der Waals surface area contributed by atoms with Crippen molar-refractivity contribution in [1.29, 1.82) is 0 Å². The summed E-state index contributed by atoms with van der Waals surface area (Å²) in [6.07, 6.45) is 6.97. The zero-order chi connectivity index (χ0) is 14.2. The van der Waals surface area contributed by atoms with E-state index in [1.54, 1.807) is 0 Å². The molecule has 0 heterocycles. The van der Waals surface area contributed by atoms with Gasteiger partial charge in [0.25, 0.3) is 0 Å². The van der Waals surface area contributed by atoms with Crippen molar-refractivity contribution in [3.05, 3.63) is 24.3 Å². The second kappa shape index (κ2) is 8.15. The Morgan fingerprint density at radius 1 is 1.25 bits per heavy atom. The molecule has 0 bridgehead atoms. The fourth-order valence-electron chi connectivity index (χ4n) is 2.94. The number of hydrogen-bond donors (Lipinski definition) is 1. The van der Waals surface area contributed by atoms with Crippen molar-refractivity contribution < 1.29 is 4.74 Å². The first-order valence-corrected chi connectivity index (χ1v) is 7.96. The first-order chi connectivity index (χ1) is 9.79. The molecule has 0 saturated heterocycles. The Morgan fingerprint density at radius 3 is 2.80 bits per heavy atom. The minimum Gasteiger partial charge on any atom is -0.494 e. The Morgan fingerprint density at radius 2 is 2.05 bits per heavy atom. The first-order valence-electron chi connectivity index (χ1n) is 7.96. The predicted octanol–water partition coefficient (Wildman–Crippen LogP) is 3.76. The van der Waals surface area contributed by atoms with Crippen LogP contribution in [0.4, 0.5) is 5.69 Å². The van der Waals surface area contributed by atoms with Crippen LogP contribution in [0.2, 0.25) is 0 Å². The molecule has 3 nitrogen and oxygen atoms in total. The van der Waals surface area contributed by atoms with Crippen molar-refractivity contribution in [2.75, 3.05) is 32.1 Å². The van der Waals surface area contributed by atoms with Gasteiger partial charge >= 0.3 is 0 Å². The molecular weight excluding hydrogens is 248 g/mol. The number of anilines is 1. The largest absolute Gasteiger partial charge is 0.494 e. The van der Waals surface area contributed by atoms with E-state index in [1.807, 2.05) is 19.1 Å². The maximum absolute atomic E-state index is 5.52. The zero-order valence-electron chi connectivity index (χ0n) is 12.9. The van der Waals surface area contributed by atoms with Crippen LogP contribution in [0.1, 0.15) is 39.0 Å². The summed E-state index contributed by atoms with van der Waals surface area (Å²) in [5, 5.41) is 3.49. The molecule has 1 aliphatic carbocycles. The molecule has 3 heteroatoms. The Hall–Kier alpha value is -1.22. The summed E-state index contributed by atoms with van der Waals surface area (Å²) in [6, 6.07) is 9.01. The van der Waals surface area contributed by atoms with E-state index in [9.17, 15) is 0 Å². The molecule has 0 amide bonds. The van der Waals surface area contributed by atoms with Gasteiger partial charge in [-0.1, -0.05) is 25.3 Å². The number of nitrogens with one attached hydrogen (secondary N) is 1. The minimum absolute atomic E-state index is 0.716. The summed E-state index contributed by atoms with van der Waals surface area (Å²) in [5.41, 5.74) is 1.15. The van der Waals surface area contributed by atoms with Gasteiger partial charge in [-0.05, 0) is 38.9 Å². The van der Waals surface area contributed by atoms with Gasteiger partial charge in [0.2, 0.25) is 0 Å². The molecule has 1 aromatic rings. The molecule has 0 spiro atoms. The molecule has 0 atom stereocenters. The van der Waals surface area contributed by atoms with Crippen LogP contribution in [0.5, 0.6) is 5.75 Å². The van der Waals surface area contributed by atoms with Crippen LogP contribution in [0.3, 0.4) is 0 Å². The zero-order valence-corrected chi connectivity index (χ0v) is 12.9. The number of rotatable bonds is 7. The number of benzene rings is 1. The highest BCUT2D eigenvalue weighted by molar-refractivity contribution is 5.48. The summed E-state index contributed by atoms with van der Waals surface area (Å²) >= 11 is 0. The molecule has 2 rings (SSSR count). The van der Waals surface area contributed by atoms with E-state index in [0.29, 0.717) is 6.61 Å². The number of ether oxygens (including phenoxy) is 1. The summed E-state index contributed by atoms with van der Waals surface area (Å²) in [7, 11) is 2.26. The highest BCUT2D eigenvalue weighted by Crippen LogP contribution is 2.21. The fourth-order valence-corrected chi connectivity index (χ4v) is 2.94. The maximum atomic E-state index is 5.52. The van der Waals surface area contributed by atoms with Gasteiger partial charge in [-0.3, -0.25) is 0 Å². The molecule has 0 aliphatic heterocycles. The Labute approximate surface area is 123 Å². The van der Waals surface area contributed by atoms with Crippen LogP contribution in [0, 0.1) is 0 Å². The van der Waals surface area contributed by atoms with E-state index < -0.39 is 0 Å². The number of likely N-dealkylation sites (N-methyl/N-ethyl adjacent to an activating group) is 1. The van der Waals surface area contributed by atoms with Crippen molar-refractivity contribution in [3.63, 3.8) is 0 Å². The molecule has 1 aromatic carbocycles. The predicted molar refractivity (Wildman–Crippen MR) is 85.6 cm³/mol. The summed E-state index contributed by atoms with van der Waals surface area (Å²) in [4.78, 5) is 2.51. The molecule has 1 fully saturated rings. The van der Waals surface area contributed by atoms with E-state index in [2.05, 4.69) is 29.4 Å². The molecule has 20 heavy (non-hydrogen) atoms. The maximum Gasteiger partial charge on any atom is 0.121 e. The second-order valence-corrected chi connectivity index (χ2v) is 5.66. The third-order valence-electron chi connectivity index (χ3n) is 4.14. The average Bonchev–Trinajstić information content (AvgIpc) is 2.49. The molecule has 0 aromatic heterocycles. The summed E-state index contributed by atoms with van der Waals surface area (Å²) in [6.45, 7) is 4.82. The van der Waals surface area contributed by atoms with Gasteiger partial charge in [-0.15, -0.1) is 0 Å². The summed E-state index contributed by atoms with van der Waals surface area (Å²) < 4.78 is 5.52. The van der Waals surface area contributed by atoms with Gasteiger partial charge < -0.3 is 15.0 Å². The molecule has 0 radical (unpaired) electrons. The lowest BCUT2D eigenvalue weighted by Crippen LogP contribution is -2.36. The van der Waals surface area contributed by atoms with Crippen LogP contribution < -0.4 is 10.1 Å². The number of hydrogen-bond acceptors (Lipinski definition) is 3. The third kappa shape index (κ3) is 4.71. The normalized spacial score (nSPS) is 16.4. The molecule has 0 unspecified atom stereocenters. The fraction of sp³-hybridized carbons (Fsp3) is 0.647. The smallest absolute Gasteiger partial charge is 0.121 e. The SMILES string of the molecule is CCOc1cccc(NCCN(C)C2CCCCC2)c1. The molecule has 112 valence electrons. The average molecular weight is 276 g/mol. The van der Waals surface area contributed by atoms with Crippen LogP contribution in [0.25, 0.3) is 0 Å². The van der Waals surface area contributed by atoms with Crippen LogP contribution in [-0.4, -0.2) is 37.7 Å².